The van der Waals surface area contributed by atoms with E-state index in [1.54, 1.807) is 0 Å². The molecule has 1 aliphatic carbocycles. The van der Waals surface area contributed by atoms with Crippen LogP contribution in [0.1, 0.15) is 48.8 Å². The van der Waals surface area contributed by atoms with Crippen LogP contribution in [0, 0.1) is 5.92 Å². The van der Waals surface area contributed by atoms with Crippen LogP contribution in [0.3, 0.4) is 0 Å². The maximum Gasteiger partial charge on any atom is 0.379 e. The van der Waals surface area contributed by atoms with E-state index < -0.39 is 20.1 Å². The van der Waals surface area contributed by atoms with Crippen LogP contribution >= 0.6 is 0 Å². The second-order valence-corrected chi connectivity index (χ2v) is 14.1. The third-order valence-electron chi connectivity index (χ3n) is 6.42. The lowest BCUT2D eigenvalue weighted by Crippen LogP contribution is -2.42. The highest BCUT2D eigenvalue weighted by Gasteiger charge is 2.38. The minimum atomic E-state index is -1.82. The number of Topliss-reactive ketones (excluding diaryl/α,β-unsaturated/α-hetero) is 1. The second kappa shape index (κ2) is 7.48. The fourth-order valence-electron chi connectivity index (χ4n) is 3.68. The van der Waals surface area contributed by atoms with Gasteiger partial charge in [0.1, 0.15) is 0 Å². The van der Waals surface area contributed by atoms with Gasteiger partial charge < -0.3 is 13.6 Å². The number of pyridine rings is 1. The smallest absolute Gasteiger partial charge is 0.379 e. The summed E-state index contributed by atoms with van der Waals surface area (Å²) in [5.41, 5.74) is 3.40. The molecule has 0 saturated heterocycles. The largest absolute Gasteiger partial charge is 0.463 e. The summed E-state index contributed by atoms with van der Waals surface area (Å²) >= 11 is 0. The number of hydrogen-bond donors (Lipinski definition) is 0. The van der Waals surface area contributed by atoms with Gasteiger partial charge in [0.15, 0.2) is 8.32 Å². The number of esters is 1. The first-order chi connectivity index (χ1) is 13.1. The van der Waals surface area contributed by atoms with Crippen molar-refractivity contribution in [2.75, 3.05) is 13.7 Å². The van der Waals surface area contributed by atoms with E-state index in [4.69, 9.17) is 9.16 Å². The highest BCUT2D eigenvalue weighted by molar-refractivity contribution is 6.74. The number of methoxy groups -OCH3 is 1. The molecule has 152 valence electrons. The predicted octanol–water partition coefficient (Wildman–Crippen LogP) is 4.42. The number of hydrogen-bond acceptors (Lipinski definition) is 4. The number of carbonyl (C=O) groups excluding carboxylic acids is 2. The van der Waals surface area contributed by atoms with Crippen molar-refractivity contribution in [3.63, 3.8) is 0 Å². The molecule has 1 unspecified atom stereocenters. The van der Waals surface area contributed by atoms with Crippen LogP contribution in [0.15, 0.2) is 24.4 Å². The highest BCUT2D eigenvalue weighted by Crippen LogP contribution is 2.38. The zero-order chi connectivity index (χ0) is 20.7. The minimum Gasteiger partial charge on any atom is -0.463 e. The first-order valence-corrected chi connectivity index (χ1v) is 12.8. The van der Waals surface area contributed by atoms with Crippen LogP contribution in [0.25, 0.3) is 5.52 Å². The average Bonchev–Trinajstić information content (AvgIpc) is 2.98. The summed E-state index contributed by atoms with van der Waals surface area (Å²) in [6.45, 7) is 12.0. The van der Waals surface area contributed by atoms with E-state index >= 15 is 0 Å². The van der Waals surface area contributed by atoms with Crippen LogP contribution in [-0.4, -0.2) is 38.2 Å². The molecule has 3 rings (SSSR count). The molecular weight excluding hydrogens is 370 g/mol. The SMILES string of the molecule is COC(=O)C(=O)c1c2c(n3ccccc13)CCC(CO[Si](C)(C)C(C)(C)C)C2. The van der Waals surface area contributed by atoms with Gasteiger partial charge in [-0.3, -0.25) is 4.79 Å². The molecule has 5 nitrogen and oxygen atoms in total. The van der Waals surface area contributed by atoms with Crippen LogP contribution in [0.5, 0.6) is 0 Å². The highest BCUT2D eigenvalue weighted by atomic mass is 28.4. The lowest BCUT2D eigenvalue weighted by molar-refractivity contribution is -0.135. The normalized spacial score (nSPS) is 17.4. The van der Waals surface area contributed by atoms with Gasteiger partial charge in [-0.15, -0.1) is 0 Å². The number of aryl methyl sites for hydroxylation is 1. The van der Waals surface area contributed by atoms with Gasteiger partial charge in [-0.1, -0.05) is 26.8 Å². The topological polar surface area (TPSA) is 57.0 Å². The molecule has 2 aromatic heterocycles. The Bertz CT molecular complexity index is 907. The number of rotatable bonds is 5. The molecule has 0 bridgehead atoms. The standard InChI is InChI=1S/C22H31NO4Si/c1-22(2,3)28(5,6)27-14-15-10-11-17-16(13-15)19(20(24)21(25)26-4)18-9-7-8-12-23(17)18/h7-9,12,15H,10-11,13-14H2,1-6H3. The number of nitrogens with zero attached hydrogens (tertiary/aromatic N) is 1. The Labute approximate surface area is 168 Å². The molecule has 2 heterocycles. The predicted molar refractivity (Wildman–Crippen MR) is 112 cm³/mol. The molecule has 6 heteroatoms. The van der Waals surface area contributed by atoms with Gasteiger partial charge in [-0.2, -0.15) is 0 Å². The lowest BCUT2D eigenvalue weighted by Gasteiger charge is -2.37. The Morgan fingerprint density at radius 1 is 1.25 bits per heavy atom. The van der Waals surface area contributed by atoms with Gasteiger partial charge in [0.25, 0.3) is 5.78 Å². The second-order valence-electron chi connectivity index (χ2n) is 9.26. The van der Waals surface area contributed by atoms with E-state index in [2.05, 4.69) is 38.3 Å². The average molecular weight is 402 g/mol. The fraction of sp³-hybridized carbons (Fsp3) is 0.545. The number of ether oxygens (including phenoxy) is 1. The van der Waals surface area contributed by atoms with Crippen LogP contribution in [0.2, 0.25) is 18.1 Å². The molecule has 2 aromatic rings. The van der Waals surface area contributed by atoms with Crippen molar-refractivity contribution in [1.29, 1.82) is 0 Å². The van der Waals surface area contributed by atoms with E-state index in [-0.39, 0.29) is 5.04 Å². The zero-order valence-corrected chi connectivity index (χ0v) is 18.8. The maximum absolute atomic E-state index is 12.8. The van der Waals surface area contributed by atoms with E-state index in [9.17, 15) is 9.59 Å². The van der Waals surface area contributed by atoms with Crippen LogP contribution in [0.4, 0.5) is 0 Å². The summed E-state index contributed by atoms with van der Waals surface area (Å²) in [4.78, 5) is 24.8. The molecular formula is C22H31NO4Si. The number of fused-ring (bicyclic) bond motifs is 3. The van der Waals surface area contributed by atoms with E-state index in [0.29, 0.717) is 18.1 Å². The molecule has 0 amide bonds. The monoisotopic (exact) mass is 401 g/mol. The summed E-state index contributed by atoms with van der Waals surface area (Å²) < 4.78 is 13.2. The Kier molecular flexibility index (Phi) is 5.56. The van der Waals surface area contributed by atoms with Gasteiger partial charge in [0, 0.05) is 18.5 Å². The van der Waals surface area contributed by atoms with Gasteiger partial charge in [0.2, 0.25) is 0 Å². The Morgan fingerprint density at radius 3 is 2.61 bits per heavy atom. The van der Waals surface area contributed by atoms with Gasteiger partial charge in [-0.25, -0.2) is 4.79 Å². The van der Waals surface area contributed by atoms with Crippen molar-refractivity contribution in [2.45, 2.75) is 58.2 Å². The van der Waals surface area contributed by atoms with E-state index in [1.807, 2.05) is 24.4 Å². The van der Waals surface area contributed by atoms with Crippen molar-refractivity contribution >= 4 is 25.6 Å². The Hall–Kier alpha value is -1.92. The third kappa shape index (κ3) is 3.67. The molecule has 0 aliphatic heterocycles. The van der Waals surface area contributed by atoms with E-state index in [0.717, 1.165) is 36.0 Å². The first kappa shape index (κ1) is 20.8. The molecule has 1 atom stereocenters. The van der Waals surface area contributed by atoms with Crippen molar-refractivity contribution in [2.24, 2.45) is 5.92 Å². The summed E-state index contributed by atoms with van der Waals surface area (Å²) in [5.74, 6) is -1.01. The van der Waals surface area contributed by atoms with E-state index in [1.165, 1.54) is 7.11 Å². The fourth-order valence-corrected chi connectivity index (χ4v) is 4.77. The first-order valence-electron chi connectivity index (χ1n) is 9.94. The number of aromatic nitrogens is 1. The molecule has 0 N–H and O–H groups in total. The minimum absolute atomic E-state index is 0.170. The summed E-state index contributed by atoms with van der Waals surface area (Å²) in [5, 5.41) is 0.170. The maximum atomic E-state index is 12.8. The Balaban J connectivity index is 1.92. The van der Waals surface area contributed by atoms with Crippen LogP contribution in [-0.2, 0) is 26.8 Å². The van der Waals surface area contributed by atoms with Crippen LogP contribution < -0.4 is 0 Å². The summed E-state index contributed by atoms with van der Waals surface area (Å²) in [7, 11) is -0.567. The number of carbonyl (C=O) groups is 2. The van der Waals surface area contributed by atoms with Gasteiger partial charge >= 0.3 is 5.97 Å². The molecule has 0 spiro atoms. The molecule has 1 aliphatic rings. The quantitative estimate of drug-likeness (QED) is 0.322. The van der Waals surface area contributed by atoms with Gasteiger partial charge in [-0.05, 0) is 61.0 Å². The van der Waals surface area contributed by atoms with Gasteiger partial charge in [0.05, 0.1) is 18.2 Å². The lowest BCUT2D eigenvalue weighted by atomic mass is 9.85. The van der Waals surface area contributed by atoms with Crippen molar-refractivity contribution in [3.8, 4) is 0 Å². The Morgan fingerprint density at radius 2 is 1.96 bits per heavy atom. The van der Waals surface area contributed by atoms with Crippen molar-refractivity contribution in [3.05, 3.63) is 41.2 Å². The van der Waals surface area contributed by atoms with Crippen molar-refractivity contribution in [1.82, 2.24) is 4.40 Å². The molecule has 0 radical (unpaired) electrons. The summed E-state index contributed by atoms with van der Waals surface area (Å²) in [6.07, 6.45) is 4.62. The molecule has 0 aromatic carbocycles. The molecule has 28 heavy (non-hydrogen) atoms. The molecule has 0 saturated carbocycles. The number of ketones is 1. The molecule has 0 fully saturated rings. The van der Waals surface area contributed by atoms with Crippen molar-refractivity contribution < 1.29 is 18.8 Å². The third-order valence-corrected chi connectivity index (χ3v) is 10.9. The zero-order valence-electron chi connectivity index (χ0n) is 17.8. The summed E-state index contributed by atoms with van der Waals surface area (Å²) in [6, 6.07) is 5.74.